The van der Waals surface area contributed by atoms with E-state index in [4.69, 9.17) is 61.6 Å². The van der Waals surface area contributed by atoms with Gasteiger partial charge in [-0.15, -0.1) is 0 Å². The molecule has 7 rings (SSSR count). The molecule has 42 nitrogen and oxygen atoms in total. The minimum absolute atomic E-state index is 0.867. The molecule has 0 aliphatic carbocycles. The predicted octanol–water partition coefficient (Wildman–Crippen LogP) is -16.6. The number of carboxylic acid groups (broad SMARTS) is 1. The lowest BCUT2D eigenvalue weighted by molar-refractivity contribution is -0.387. The number of aliphatic carboxylic acids is 1. The first-order valence-corrected chi connectivity index (χ1v) is 29.2. The van der Waals surface area contributed by atoms with Crippen molar-refractivity contribution in [1.29, 1.82) is 0 Å². The molecular weight excluding hydrogens is 1280 g/mol. The van der Waals surface area contributed by atoms with Gasteiger partial charge in [0.1, 0.15) is 165 Å². The van der Waals surface area contributed by atoms with Gasteiger partial charge >= 0.3 is 5.97 Å². The van der Waals surface area contributed by atoms with Crippen LogP contribution in [0.25, 0.3) is 0 Å². The van der Waals surface area contributed by atoms with E-state index in [2.05, 4.69) is 16.0 Å². The monoisotopic (exact) mass is 1360 g/mol. The summed E-state index contributed by atoms with van der Waals surface area (Å²) >= 11 is 0. The first-order valence-electron chi connectivity index (χ1n) is 29.2. The van der Waals surface area contributed by atoms with Gasteiger partial charge in [-0.3, -0.25) is 14.4 Å². The number of hydrogen-bond acceptors (Lipinski definition) is 38. The summed E-state index contributed by atoms with van der Waals surface area (Å²) in [5.74, 6) is -8.07. The predicted molar refractivity (Wildman–Crippen MR) is 284 cm³/mol. The number of amides is 3. The highest BCUT2D eigenvalue weighted by Gasteiger charge is 2.60. The lowest BCUT2D eigenvalue weighted by atomic mass is 9.88. The molecule has 25 N–H and O–H groups in total. The summed E-state index contributed by atoms with van der Waals surface area (Å²) in [5.41, 5.74) is 0. The average Bonchev–Trinajstić information content (AvgIpc) is 0.774. The number of carbonyl (C=O) groups excluding carboxylic acids is 3. The molecule has 0 spiro atoms. The van der Waals surface area contributed by atoms with Crippen molar-refractivity contribution in [2.45, 2.75) is 248 Å². The maximum Gasteiger partial charge on any atom is 0.364 e. The van der Waals surface area contributed by atoms with E-state index in [1.807, 2.05) is 0 Å². The lowest BCUT2D eigenvalue weighted by Gasteiger charge is -2.51. The van der Waals surface area contributed by atoms with E-state index < -0.39 is 297 Å². The second-order valence-electron chi connectivity index (χ2n) is 23.3. The quantitative estimate of drug-likeness (QED) is 0.0404. The zero-order valence-electron chi connectivity index (χ0n) is 49.6. The van der Waals surface area contributed by atoms with E-state index in [0.29, 0.717) is 0 Å². The fourth-order valence-corrected chi connectivity index (χ4v) is 11.7. The van der Waals surface area contributed by atoms with E-state index in [-0.39, 0.29) is 0 Å². The van der Waals surface area contributed by atoms with E-state index in [1.165, 1.54) is 0 Å². The standard InChI is InChI=1S/C51H85N3O39/c1-12(60)52-23-15(63)4-51(50(79)80,93-42(23)26(65)16(64)5-55)82-11-22-41(91-48-37(76)33(72)28(67)18(7-57)85-48)31(70)25(54-14(3)62)46(88-22)92-43-29(68)21(87-49(38(43)77)90-40-19(8-58)83-44(78)35(74)34(40)73)10-81-45-24(53-13(2)61)30(69)39(20(9-59)86-45)89-47-36(75)32(71)27(66)17(6-56)84-47/h15-49,55-59,63-78H,4-11H2,1-3H3,(H,52,60)(H,53,61)(H,54,62)(H,79,80)/t15-,16-,17-,18-,19+,20-,21+,22?,23+,24+,25-,26-,27+,28+,29-,30+,31-,32-,33-,34-,35-,36+,37+,38-,39-,40-,41+,42-,43-,44+,45-,46-,47+,48+,49?,51+/m0/s1. The Labute approximate surface area is 525 Å². The van der Waals surface area contributed by atoms with E-state index in [0.717, 1.165) is 20.8 Å². The highest BCUT2D eigenvalue weighted by molar-refractivity contribution is 5.77. The summed E-state index contributed by atoms with van der Waals surface area (Å²) in [6, 6.07) is -5.59. The third kappa shape index (κ3) is 17.0. The molecule has 0 bridgehead atoms. The van der Waals surface area contributed by atoms with Gasteiger partial charge < -0.3 is 190 Å². The largest absolute Gasteiger partial charge is 0.477 e. The fourth-order valence-electron chi connectivity index (χ4n) is 11.7. The van der Waals surface area contributed by atoms with E-state index in [1.54, 1.807) is 0 Å². The molecule has 7 aliphatic rings. The van der Waals surface area contributed by atoms with Crippen LogP contribution >= 0.6 is 0 Å². The van der Waals surface area contributed by atoms with Crippen molar-refractivity contribution in [3.8, 4) is 0 Å². The number of ether oxygens (including phenoxy) is 13. The molecule has 538 valence electrons. The third-order valence-corrected chi connectivity index (χ3v) is 16.7. The maximum atomic E-state index is 13.3. The molecule has 7 aliphatic heterocycles. The first kappa shape index (κ1) is 76.9. The summed E-state index contributed by atoms with van der Waals surface area (Å²) in [6.45, 7) is -4.83. The Hall–Kier alpha value is -3.48. The molecule has 93 heavy (non-hydrogen) atoms. The third-order valence-electron chi connectivity index (χ3n) is 16.7. The Kier molecular flexibility index (Phi) is 27.2. The van der Waals surface area contributed by atoms with Crippen LogP contribution in [-0.2, 0) is 80.8 Å². The smallest absolute Gasteiger partial charge is 0.364 e. The van der Waals surface area contributed by atoms with Crippen LogP contribution in [0, 0.1) is 0 Å². The van der Waals surface area contributed by atoms with Crippen molar-refractivity contribution in [2.24, 2.45) is 0 Å². The number of nitrogens with one attached hydrogen (secondary N) is 3. The SMILES string of the molecule is CC(=O)N[C@@H]1[C@H](O[C@H]2[C@@H](O)[C@@H](CO[C@H]3O[C@@H](CO)[C@H](O[C@H]4O[C@@H](CO)[C@@H](O)[C@H](O)[C@H]4O)[C@H](O)[C@H]3NC(C)=O)OC(O[C@@H]3[C@@H](O)[C@H](O)[C@H](O)O[C@@H]3CO)[C@H]2O)OC(CO[C@]2(C(=O)O)C[C@H](O)[C@@H](NC(C)=O)[C@@H]([C@@H](O)[C@@H](O)CO)O2)[C@@H](O[C@H]2O[C@@H](CO)[C@@H](O)[C@H](O)[C@H]2O)[C@H]1O. The fraction of sp³-hybridized carbons (Fsp3) is 0.922. The van der Waals surface area contributed by atoms with Gasteiger partial charge in [0.2, 0.25) is 17.7 Å². The molecular formula is C51H85N3O39. The number of carboxylic acids is 1. The highest BCUT2D eigenvalue weighted by Crippen LogP contribution is 2.39. The normalized spacial score (nSPS) is 47.2. The van der Waals surface area contributed by atoms with Crippen LogP contribution in [0.3, 0.4) is 0 Å². The van der Waals surface area contributed by atoms with Crippen molar-refractivity contribution in [2.75, 3.05) is 46.2 Å². The number of carbonyl (C=O) groups is 4. The molecule has 42 heteroatoms. The molecule has 7 heterocycles. The number of rotatable bonds is 25. The Morgan fingerprint density at radius 2 is 0.860 bits per heavy atom. The van der Waals surface area contributed by atoms with Crippen LogP contribution in [-0.4, -0.2) is 403 Å². The second kappa shape index (κ2) is 32.9. The molecule has 3 amide bonds. The van der Waals surface area contributed by atoms with Crippen LogP contribution in [0.5, 0.6) is 0 Å². The average molecular weight is 1360 g/mol. The van der Waals surface area contributed by atoms with Gasteiger partial charge in [0, 0.05) is 27.2 Å². The summed E-state index contributed by atoms with van der Waals surface area (Å²) in [4.78, 5) is 51.4. The molecule has 7 saturated heterocycles. The number of aliphatic hydroxyl groups excluding tert-OH is 21. The zero-order chi connectivity index (χ0) is 69.0. The highest BCUT2D eigenvalue weighted by atomic mass is 16.8. The Balaban J connectivity index is 1.25. The topological polar surface area (TPSA) is 669 Å². The Morgan fingerprint density at radius 1 is 0.441 bits per heavy atom. The van der Waals surface area contributed by atoms with Crippen LogP contribution in [0.1, 0.15) is 27.2 Å². The summed E-state index contributed by atoms with van der Waals surface area (Å²) in [7, 11) is 0. The summed E-state index contributed by atoms with van der Waals surface area (Å²) in [5, 5.41) is 245. The number of aliphatic hydroxyl groups is 21. The van der Waals surface area contributed by atoms with Crippen molar-refractivity contribution in [3.05, 3.63) is 0 Å². The van der Waals surface area contributed by atoms with Crippen LogP contribution in [0.4, 0.5) is 0 Å². The molecule has 2 unspecified atom stereocenters. The molecule has 0 aromatic heterocycles. The zero-order valence-corrected chi connectivity index (χ0v) is 49.6. The van der Waals surface area contributed by atoms with Crippen molar-refractivity contribution >= 4 is 23.7 Å². The summed E-state index contributed by atoms with van der Waals surface area (Å²) in [6.07, 6.45) is -67.9. The van der Waals surface area contributed by atoms with Crippen LogP contribution in [0.2, 0.25) is 0 Å². The van der Waals surface area contributed by atoms with E-state index >= 15 is 0 Å². The molecule has 36 atom stereocenters. The van der Waals surface area contributed by atoms with Gasteiger partial charge in [0.05, 0.1) is 58.4 Å². The molecule has 0 aromatic rings. The van der Waals surface area contributed by atoms with Gasteiger partial charge in [-0.2, -0.15) is 0 Å². The van der Waals surface area contributed by atoms with Gasteiger partial charge in [-0.05, 0) is 0 Å². The first-order chi connectivity index (χ1) is 43.8. The molecule has 0 radical (unpaired) electrons. The van der Waals surface area contributed by atoms with Gasteiger partial charge in [-0.1, -0.05) is 0 Å². The summed E-state index contributed by atoms with van der Waals surface area (Å²) < 4.78 is 75.4. The minimum atomic E-state index is -3.21. The molecule has 7 fully saturated rings. The van der Waals surface area contributed by atoms with Crippen LogP contribution in [0.15, 0.2) is 0 Å². The Morgan fingerprint density at radius 3 is 1.34 bits per heavy atom. The van der Waals surface area contributed by atoms with Crippen molar-refractivity contribution in [1.82, 2.24) is 16.0 Å². The second-order valence-corrected chi connectivity index (χ2v) is 23.3. The van der Waals surface area contributed by atoms with Gasteiger partial charge in [-0.25, -0.2) is 4.79 Å². The minimum Gasteiger partial charge on any atom is -0.477 e. The number of hydrogen-bond donors (Lipinski definition) is 25. The van der Waals surface area contributed by atoms with Crippen LogP contribution < -0.4 is 16.0 Å². The molecule has 0 saturated carbocycles. The maximum absolute atomic E-state index is 13.3. The lowest BCUT2D eigenvalue weighted by Crippen LogP contribution is -2.71. The molecule has 0 aromatic carbocycles. The Bertz CT molecular complexity index is 2410. The van der Waals surface area contributed by atoms with Crippen molar-refractivity contribution in [3.63, 3.8) is 0 Å². The van der Waals surface area contributed by atoms with E-state index in [9.17, 15) is 132 Å². The van der Waals surface area contributed by atoms with Gasteiger partial charge in [0.15, 0.2) is 37.7 Å². The van der Waals surface area contributed by atoms with Gasteiger partial charge in [0.25, 0.3) is 5.79 Å². The van der Waals surface area contributed by atoms with Crippen molar-refractivity contribution < 1.29 is 193 Å².